The summed E-state index contributed by atoms with van der Waals surface area (Å²) in [5.41, 5.74) is 0. The summed E-state index contributed by atoms with van der Waals surface area (Å²) in [6.07, 6.45) is 6.69. The molecule has 0 radical (unpaired) electrons. The molecular formula is C3H12OS. The summed E-state index contributed by atoms with van der Waals surface area (Å²) in [5, 5.41) is 0. The fourth-order valence-electron chi connectivity index (χ4n) is 0. The first-order valence-electron chi connectivity index (χ1n) is 1.34. The van der Waals surface area contributed by atoms with Crippen molar-refractivity contribution < 1.29 is 5.48 Å². The van der Waals surface area contributed by atoms with E-state index in [2.05, 4.69) is 18.8 Å². The van der Waals surface area contributed by atoms with Gasteiger partial charge in [-0.3, -0.25) is 10.9 Å². The molecule has 0 spiro atoms. The third kappa shape index (κ3) is 239. The third-order valence-electron chi connectivity index (χ3n) is 0. The normalized spacial score (nSPS) is 9.00. The Bertz CT molecular complexity index is 11.6. The summed E-state index contributed by atoms with van der Waals surface area (Å²) < 4.78 is 0. The molecular weight excluding hydrogens is 84.1 g/mol. The van der Waals surface area contributed by atoms with Gasteiger partial charge in [-0.25, -0.2) is 0 Å². The minimum atomic E-state index is 0. The van der Waals surface area contributed by atoms with Crippen LogP contribution in [0.25, 0.3) is 0 Å². The van der Waals surface area contributed by atoms with Gasteiger partial charge in [-0.15, -0.1) is 0 Å². The lowest BCUT2D eigenvalue weighted by Gasteiger charge is -1.88. The molecule has 0 atom stereocenters. The molecule has 0 heterocycles. The number of rotatable bonds is 0. The first-order chi connectivity index (χ1) is 1.73. The topological polar surface area (TPSA) is 31.5 Å². The molecule has 0 fully saturated rings. The van der Waals surface area contributed by atoms with Gasteiger partial charge in [-0.2, -0.15) is 0 Å². The molecule has 5 heavy (non-hydrogen) atoms. The van der Waals surface area contributed by atoms with Gasteiger partial charge in [0.25, 0.3) is 0 Å². The van der Waals surface area contributed by atoms with E-state index >= 15 is 0 Å². The quantitative estimate of drug-likeness (QED) is 0.413. The van der Waals surface area contributed by atoms with Gasteiger partial charge in [0.15, 0.2) is 0 Å². The zero-order chi connectivity index (χ0) is 3.58. The summed E-state index contributed by atoms with van der Waals surface area (Å²) >= 11 is 0. The number of hydrogen-bond donors (Lipinski definition) is 1. The van der Waals surface area contributed by atoms with E-state index in [0.717, 1.165) is 0 Å². The van der Waals surface area contributed by atoms with E-state index in [1.54, 1.807) is 0 Å². The summed E-state index contributed by atoms with van der Waals surface area (Å²) in [6.45, 7) is 0. The van der Waals surface area contributed by atoms with Crippen molar-refractivity contribution in [2.75, 3.05) is 18.8 Å². The van der Waals surface area contributed by atoms with E-state index in [1.165, 1.54) is 0 Å². The highest BCUT2D eigenvalue weighted by molar-refractivity contribution is 8.15. The lowest BCUT2D eigenvalue weighted by atomic mass is 11.9. The predicted molar refractivity (Wildman–Crippen MR) is 30.4 cm³/mol. The summed E-state index contributed by atoms with van der Waals surface area (Å²) in [6, 6.07) is 0. The van der Waals surface area contributed by atoms with Crippen molar-refractivity contribution in [3.8, 4) is 0 Å². The Labute approximate surface area is 36.0 Å². The average Bonchev–Trinajstić information content (AvgIpc) is 0.811. The lowest BCUT2D eigenvalue weighted by molar-refractivity contribution is 0.824. The minimum Gasteiger partial charge on any atom is -0.412 e. The highest BCUT2D eigenvalue weighted by Gasteiger charge is 1.59. The van der Waals surface area contributed by atoms with E-state index in [9.17, 15) is 0 Å². The number of thiol groups is 1. The Morgan fingerprint density at radius 2 is 1.00 bits per heavy atom. The SMILES string of the molecule is C[SH](C)C.O. The lowest BCUT2D eigenvalue weighted by Crippen LogP contribution is -1.56. The van der Waals surface area contributed by atoms with Crippen LogP contribution in [0.15, 0.2) is 0 Å². The zero-order valence-corrected chi connectivity index (χ0v) is 4.84. The summed E-state index contributed by atoms with van der Waals surface area (Å²) in [5.74, 6) is 0. The van der Waals surface area contributed by atoms with Crippen LogP contribution in [0.2, 0.25) is 0 Å². The van der Waals surface area contributed by atoms with Gasteiger partial charge in [0.2, 0.25) is 0 Å². The van der Waals surface area contributed by atoms with Crippen molar-refractivity contribution in [1.82, 2.24) is 0 Å². The van der Waals surface area contributed by atoms with Gasteiger partial charge in [-0.05, 0) is 18.8 Å². The van der Waals surface area contributed by atoms with Crippen LogP contribution in [-0.4, -0.2) is 24.2 Å². The molecule has 0 saturated carbocycles. The van der Waals surface area contributed by atoms with Crippen LogP contribution in [0.1, 0.15) is 0 Å². The van der Waals surface area contributed by atoms with Gasteiger partial charge in [-0.1, -0.05) is 0 Å². The Kier molecular flexibility index (Phi) is 7.76. The van der Waals surface area contributed by atoms with Gasteiger partial charge in [0.05, 0.1) is 0 Å². The van der Waals surface area contributed by atoms with E-state index < -0.39 is 0 Å². The van der Waals surface area contributed by atoms with E-state index in [-0.39, 0.29) is 5.48 Å². The van der Waals surface area contributed by atoms with Crippen molar-refractivity contribution in [3.05, 3.63) is 0 Å². The average molecular weight is 96.2 g/mol. The molecule has 0 saturated heterocycles. The molecule has 0 bridgehead atoms. The van der Waals surface area contributed by atoms with Gasteiger partial charge in [0, 0.05) is 0 Å². The molecule has 0 aromatic rings. The Morgan fingerprint density at radius 1 is 1.00 bits per heavy atom. The molecule has 0 aliphatic rings. The maximum Gasteiger partial charge on any atom is -0.0376 e. The van der Waals surface area contributed by atoms with Crippen LogP contribution in [0, 0.1) is 0 Å². The van der Waals surface area contributed by atoms with E-state index in [1.807, 2.05) is 0 Å². The van der Waals surface area contributed by atoms with Gasteiger partial charge < -0.3 is 5.48 Å². The van der Waals surface area contributed by atoms with Crippen molar-refractivity contribution >= 4 is 10.9 Å². The standard InChI is InChI=1S/C3H10S.H2O/c1-4(2)3;/h4H,1-3H3;1H2. The smallest absolute Gasteiger partial charge is 0.0376 e. The highest BCUT2D eigenvalue weighted by Crippen LogP contribution is 2.01. The molecule has 0 amide bonds. The van der Waals surface area contributed by atoms with Crippen molar-refractivity contribution in [2.45, 2.75) is 0 Å². The fourth-order valence-corrected chi connectivity index (χ4v) is 0. The van der Waals surface area contributed by atoms with Crippen LogP contribution in [0.4, 0.5) is 0 Å². The molecule has 0 aromatic carbocycles. The van der Waals surface area contributed by atoms with Crippen LogP contribution in [0.3, 0.4) is 0 Å². The van der Waals surface area contributed by atoms with E-state index in [0.29, 0.717) is 10.9 Å². The Morgan fingerprint density at radius 3 is 1.00 bits per heavy atom. The molecule has 2 heteroatoms. The second-order valence-electron chi connectivity index (χ2n) is 1.34. The molecule has 0 aromatic heterocycles. The number of hydrogen-bond acceptors (Lipinski definition) is 0. The highest BCUT2D eigenvalue weighted by atomic mass is 32.2. The van der Waals surface area contributed by atoms with Crippen molar-refractivity contribution in [3.63, 3.8) is 0 Å². The first kappa shape index (κ1) is 9.00. The molecule has 0 aliphatic carbocycles. The monoisotopic (exact) mass is 96.1 g/mol. The van der Waals surface area contributed by atoms with Crippen molar-refractivity contribution in [1.29, 1.82) is 0 Å². The van der Waals surface area contributed by atoms with Gasteiger partial charge in [0.1, 0.15) is 0 Å². The predicted octanol–water partition coefficient (Wildman–Crippen LogP) is 0.0523. The fraction of sp³-hybridized carbons (Fsp3) is 1.00. The Balaban J connectivity index is 0. The van der Waals surface area contributed by atoms with Crippen LogP contribution < -0.4 is 0 Å². The molecule has 0 rings (SSSR count). The second-order valence-corrected chi connectivity index (χ2v) is 4.02. The Hall–Kier alpha value is 0.310. The first-order valence-corrected chi connectivity index (χ1v) is 4.02. The van der Waals surface area contributed by atoms with Crippen molar-refractivity contribution in [2.24, 2.45) is 0 Å². The molecule has 0 unspecified atom stereocenters. The molecule has 2 N–H and O–H groups in total. The summed E-state index contributed by atoms with van der Waals surface area (Å²) in [7, 11) is 0.380. The van der Waals surface area contributed by atoms with Crippen LogP contribution in [-0.2, 0) is 0 Å². The zero-order valence-electron chi connectivity index (χ0n) is 3.95. The maximum atomic E-state index is 2.23. The summed E-state index contributed by atoms with van der Waals surface area (Å²) in [4.78, 5) is 0. The van der Waals surface area contributed by atoms with Gasteiger partial charge >= 0.3 is 0 Å². The maximum absolute atomic E-state index is 2.23. The minimum absolute atomic E-state index is 0. The molecule has 36 valence electrons. The third-order valence-corrected chi connectivity index (χ3v) is 0. The second kappa shape index (κ2) is 4.31. The molecule has 1 nitrogen and oxygen atoms in total. The van der Waals surface area contributed by atoms with Crippen LogP contribution >= 0.6 is 10.9 Å². The van der Waals surface area contributed by atoms with Crippen LogP contribution in [0.5, 0.6) is 0 Å². The largest absolute Gasteiger partial charge is 0.412 e. The van der Waals surface area contributed by atoms with E-state index in [4.69, 9.17) is 0 Å². The molecule has 0 aliphatic heterocycles.